The van der Waals surface area contributed by atoms with Gasteiger partial charge in [-0.15, -0.1) is 0 Å². The quantitative estimate of drug-likeness (QED) is 0.840. The second-order valence-corrected chi connectivity index (χ2v) is 3.83. The van der Waals surface area contributed by atoms with Crippen molar-refractivity contribution in [3.05, 3.63) is 59.4 Å². The third-order valence-electron chi connectivity index (χ3n) is 2.43. The Balaban J connectivity index is 2.01. The van der Waals surface area contributed by atoms with Crippen LogP contribution < -0.4 is 5.32 Å². The first-order valence-corrected chi connectivity index (χ1v) is 5.47. The fourth-order valence-electron chi connectivity index (χ4n) is 1.44. The number of aromatic nitrogens is 2. The summed E-state index contributed by atoms with van der Waals surface area (Å²) in [6.07, 6.45) is 2.98. The normalized spacial score (nSPS) is 10.1. The summed E-state index contributed by atoms with van der Waals surface area (Å²) in [7, 11) is 0. The molecule has 92 valence electrons. The Morgan fingerprint density at radius 3 is 2.83 bits per heavy atom. The van der Waals surface area contributed by atoms with E-state index in [0.717, 1.165) is 11.3 Å². The Morgan fingerprint density at radius 2 is 2.17 bits per heavy atom. The lowest BCUT2D eigenvalue weighted by molar-refractivity contribution is 0.0946. The van der Waals surface area contributed by atoms with E-state index in [4.69, 9.17) is 0 Å². The summed E-state index contributed by atoms with van der Waals surface area (Å²) >= 11 is 0. The highest BCUT2D eigenvalue weighted by molar-refractivity contribution is 5.94. The summed E-state index contributed by atoms with van der Waals surface area (Å²) in [4.78, 5) is 19.2. The van der Waals surface area contributed by atoms with Gasteiger partial charge in [0.25, 0.3) is 5.91 Å². The van der Waals surface area contributed by atoms with E-state index in [1.54, 1.807) is 6.20 Å². The molecule has 0 aliphatic heterocycles. The topological polar surface area (TPSA) is 54.9 Å². The molecule has 0 fully saturated rings. The monoisotopic (exact) mass is 245 g/mol. The maximum Gasteiger partial charge on any atom is 0.256 e. The van der Waals surface area contributed by atoms with Gasteiger partial charge in [-0.2, -0.15) is 4.39 Å². The SMILES string of the molecule is Cc1ccc(CNC(=O)c2cccnc2F)cn1. The highest BCUT2D eigenvalue weighted by atomic mass is 19.1. The molecule has 0 aliphatic rings. The van der Waals surface area contributed by atoms with Gasteiger partial charge in [-0.25, -0.2) is 4.98 Å². The number of nitrogens with one attached hydrogen (secondary N) is 1. The van der Waals surface area contributed by atoms with Gasteiger partial charge in [0.2, 0.25) is 5.95 Å². The molecule has 2 aromatic rings. The zero-order valence-electron chi connectivity index (χ0n) is 9.85. The summed E-state index contributed by atoms with van der Waals surface area (Å²) in [6, 6.07) is 6.63. The van der Waals surface area contributed by atoms with Crippen molar-refractivity contribution >= 4 is 5.91 Å². The molecule has 1 amide bonds. The standard InChI is InChI=1S/C13H12FN3O/c1-9-4-5-10(7-16-9)8-17-13(18)11-3-2-6-15-12(11)14/h2-7H,8H2,1H3,(H,17,18). The summed E-state index contributed by atoms with van der Waals surface area (Å²) in [5.74, 6) is -1.25. The molecule has 2 aromatic heterocycles. The predicted octanol–water partition coefficient (Wildman–Crippen LogP) is 1.85. The molecule has 4 nitrogen and oxygen atoms in total. The van der Waals surface area contributed by atoms with Gasteiger partial charge in [0.15, 0.2) is 0 Å². The fraction of sp³-hybridized carbons (Fsp3) is 0.154. The third-order valence-corrected chi connectivity index (χ3v) is 2.43. The van der Waals surface area contributed by atoms with Crippen LogP contribution >= 0.6 is 0 Å². The number of carbonyl (C=O) groups is 1. The van der Waals surface area contributed by atoms with Crippen molar-refractivity contribution in [2.45, 2.75) is 13.5 Å². The van der Waals surface area contributed by atoms with Gasteiger partial charge in [-0.3, -0.25) is 9.78 Å². The highest BCUT2D eigenvalue weighted by Gasteiger charge is 2.11. The first-order valence-electron chi connectivity index (χ1n) is 5.47. The number of hydrogen-bond donors (Lipinski definition) is 1. The van der Waals surface area contributed by atoms with E-state index in [-0.39, 0.29) is 5.56 Å². The molecule has 0 aromatic carbocycles. The Labute approximate surface area is 104 Å². The maximum absolute atomic E-state index is 13.2. The van der Waals surface area contributed by atoms with Gasteiger partial charge in [-0.05, 0) is 30.7 Å². The molecule has 0 bridgehead atoms. The van der Waals surface area contributed by atoms with E-state index >= 15 is 0 Å². The van der Waals surface area contributed by atoms with Crippen molar-refractivity contribution in [2.75, 3.05) is 0 Å². The molecule has 0 radical (unpaired) electrons. The minimum absolute atomic E-state index is 0.0578. The second kappa shape index (κ2) is 5.35. The molecule has 0 saturated heterocycles. The highest BCUT2D eigenvalue weighted by Crippen LogP contribution is 2.04. The molecular weight excluding hydrogens is 233 g/mol. The Morgan fingerprint density at radius 1 is 1.33 bits per heavy atom. The van der Waals surface area contributed by atoms with E-state index in [1.807, 2.05) is 19.1 Å². The van der Waals surface area contributed by atoms with Crippen LogP contribution in [0.1, 0.15) is 21.6 Å². The van der Waals surface area contributed by atoms with Crippen LogP contribution in [-0.4, -0.2) is 15.9 Å². The molecule has 0 spiro atoms. The van der Waals surface area contributed by atoms with Crippen LogP contribution in [0.2, 0.25) is 0 Å². The summed E-state index contributed by atoms with van der Waals surface area (Å²) < 4.78 is 13.2. The van der Waals surface area contributed by atoms with Gasteiger partial charge in [0.1, 0.15) is 0 Å². The minimum atomic E-state index is -0.767. The summed E-state index contributed by atoms with van der Waals surface area (Å²) in [5.41, 5.74) is 1.71. The van der Waals surface area contributed by atoms with Crippen LogP contribution in [-0.2, 0) is 6.54 Å². The lowest BCUT2D eigenvalue weighted by atomic mass is 10.2. The van der Waals surface area contributed by atoms with Crippen LogP contribution in [0, 0.1) is 12.9 Å². The van der Waals surface area contributed by atoms with Crippen molar-refractivity contribution in [1.29, 1.82) is 0 Å². The van der Waals surface area contributed by atoms with Crippen molar-refractivity contribution in [2.24, 2.45) is 0 Å². The third kappa shape index (κ3) is 2.88. The van der Waals surface area contributed by atoms with Gasteiger partial charge in [-0.1, -0.05) is 6.07 Å². The van der Waals surface area contributed by atoms with E-state index in [2.05, 4.69) is 15.3 Å². The number of pyridine rings is 2. The first kappa shape index (κ1) is 12.2. The van der Waals surface area contributed by atoms with Crippen molar-refractivity contribution in [1.82, 2.24) is 15.3 Å². The second-order valence-electron chi connectivity index (χ2n) is 3.83. The Bertz CT molecular complexity index is 554. The molecule has 0 atom stereocenters. The van der Waals surface area contributed by atoms with Crippen LogP contribution in [0.5, 0.6) is 0 Å². The largest absolute Gasteiger partial charge is 0.348 e. The molecule has 5 heteroatoms. The van der Waals surface area contributed by atoms with E-state index < -0.39 is 11.9 Å². The average molecular weight is 245 g/mol. The first-order chi connectivity index (χ1) is 8.66. The lowest BCUT2D eigenvalue weighted by Crippen LogP contribution is -2.24. The number of nitrogens with zero attached hydrogens (tertiary/aromatic N) is 2. The number of rotatable bonds is 3. The van der Waals surface area contributed by atoms with E-state index in [9.17, 15) is 9.18 Å². The summed E-state index contributed by atoms with van der Waals surface area (Å²) in [6.45, 7) is 2.19. The predicted molar refractivity (Wildman–Crippen MR) is 64.3 cm³/mol. The molecule has 1 N–H and O–H groups in total. The molecule has 18 heavy (non-hydrogen) atoms. The Kier molecular flexibility index (Phi) is 3.62. The van der Waals surface area contributed by atoms with Gasteiger partial charge in [0, 0.05) is 24.6 Å². The zero-order chi connectivity index (χ0) is 13.0. The smallest absolute Gasteiger partial charge is 0.256 e. The lowest BCUT2D eigenvalue weighted by Gasteiger charge is -2.05. The van der Waals surface area contributed by atoms with Crippen molar-refractivity contribution in [3.8, 4) is 0 Å². The number of halogens is 1. The molecule has 2 heterocycles. The fourth-order valence-corrected chi connectivity index (χ4v) is 1.44. The van der Waals surface area contributed by atoms with Crippen LogP contribution in [0.4, 0.5) is 4.39 Å². The molecule has 0 unspecified atom stereocenters. The minimum Gasteiger partial charge on any atom is -0.348 e. The van der Waals surface area contributed by atoms with Crippen molar-refractivity contribution < 1.29 is 9.18 Å². The van der Waals surface area contributed by atoms with E-state index in [0.29, 0.717) is 6.54 Å². The number of carbonyl (C=O) groups excluding carboxylic acids is 1. The summed E-state index contributed by atoms with van der Waals surface area (Å²) in [5, 5.41) is 2.62. The Hall–Kier alpha value is -2.30. The van der Waals surface area contributed by atoms with Crippen molar-refractivity contribution in [3.63, 3.8) is 0 Å². The maximum atomic E-state index is 13.2. The number of aryl methyl sites for hydroxylation is 1. The van der Waals surface area contributed by atoms with E-state index in [1.165, 1.54) is 18.3 Å². The number of amides is 1. The number of hydrogen-bond acceptors (Lipinski definition) is 3. The molecule has 2 rings (SSSR count). The average Bonchev–Trinajstić information content (AvgIpc) is 2.38. The van der Waals surface area contributed by atoms with Gasteiger partial charge in [0.05, 0.1) is 5.56 Å². The molecular formula is C13H12FN3O. The van der Waals surface area contributed by atoms with Crippen LogP contribution in [0.3, 0.4) is 0 Å². The van der Waals surface area contributed by atoms with Gasteiger partial charge < -0.3 is 5.32 Å². The molecule has 0 saturated carbocycles. The van der Waals surface area contributed by atoms with Crippen LogP contribution in [0.15, 0.2) is 36.7 Å². The molecule has 0 aliphatic carbocycles. The van der Waals surface area contributed by atoms with Gasteiger partial charge >= 0.3 is 0 Å². The zero-order valence-corrected chi connectivity index (χ0v) is 9.85. The van der Waals surface area contributed by atoms with Crippen LogP contribution in [0.25, 0.3) is 0 Å².